The zero-order valence-corrected chi connectivity index (χ0v) is 20.4. The summed E-state index contributed by atoms with van der Waals surface area (Å²) in [6, 6.07) is 8.50. The Balaban J connectivity index is 1.48. The van der Waals surface area contributed by atoms with Gasteiger partial charge in [-0.05, 0) is 48.7 Å². The third-order valence-corrected chi connectivity index (χ3v) is 7.54. The van der Waals surface area contributed by atoms with Crippen molar-refractivity contribution >= 4 is 29.3 Å². The molecule has 3 aliphatic heterocycles. The molecule has 4 amide bonds. The Bertz CT molecular complexity index is 1320. The molecule has 10 nitrogen and oxygen atoms in total. The van der Waals surface area contributed by atoms with Gasteiger partial charge in [0, 0.05) is 30.3 Å². The Morgan fingerprint density at radius 1 is 1.08 bits per heavy atom. The maximum absolute atomic E-state index is 14.3. The predicted octanol–water partition coefficient (Wildman–Crippen LogP) is 1.07. The number of carbonyl (C=O) groups excluding carboxylic acids is 4. The number of imide groups is 1. The number of carbonyl (C=O) groups is 4. The maximum Gasteiger partial charge on any atom is 0.250 e. The molecule has 2 aromatic rings. The van der Waals surface area contributed by atoms with Crippen molar-refractivity contribution in [3.8, 4) is 11.5 Å². The number of hydrogen-bond acceptors (Lipinski definition) is 7. The quantitative estimate of drug-likeness (QED) is 0.452. The van der Waals surface area contributed by atoms with E-state index >= 15 is 0 Å². The van der Waals surface area contributed by atoms with Gasteiger partial charge in [-0.2, -0.15) is 0 Å². The molecule has 4 atom stereocenters. The topological polar surface area (TPSA) is 140 Å². The van der Waals surface area contributed by atoms with Crippen LogP contribution in [-0.4, -0.2) is 55.3 Å². The number of likely N-dealkylation sites (tertiary alicyclic amines) is 1. The fourth-order valence-electron chi connectivity index (χ4n) is 5.88. The van der Waals surface area contributed by atoms with Crippen LogP contribution in [0.25, 0.3) is 0 Å². The summed E-state index contributed by atoms with van der Waals surface area (Å²) in [4.78, 5) is 53.5. The maximum atomic E-state index is 14.3. The summed E-state index contributed by atoms with van der Waals surface area (Å²) in [5, 5.41) is 5.87. The van der Waals surface area contributed by atoms with E-state index in [9.17, 15) is 23.6 Å². The SMILES string of the molecule is COc1ccc(CCN2C(=O)[C@@H]3[C@H](CCC(N)=O)N[C@]4(C(=O)Nc5ccc(F)cc54)[C@@H]3C2=O)cc1OC. The standard InChI is InChI=1S/C26H27FN4O6/c1-36-18-7-3-13(11-19(18)37-2)9-10-31-23(33)21-17(6-8-20(28)32)30-26(22(21)24(31)34)15-12-14(27)4-5-16(15)29-25(26)35/h3-5,7,11-12,17,21-22,30H,6,8-10H2,1-2H3,(H2,28,32)(H,29,35)/t17-,21+,22-,26-/m0/s1. The molecule has 37 heavy (non-hydrogen) atoms. The van der Waals surface area contributed by atoms with Crippen molar-refractivity contribution < 1.29 is 33.0 Å². The zero-order valence-electron chi connectivity index (χ0n) is 20.4. The number of halogens is 1. The number of amides is 4. The van der Waals surface area contributed by atoms with Crippen molar-refractivity contribution in [1.29, 1.82) is 0 Å². The molecule has 11 heteroatoms. The summed E-state index contributed by atoms with van der Waals surface area (Å²) in [7, 11) is 3.04. The Kier molecular flexibility index (Phi) is 6.10. The first-order valence-electron chi connectivity index (χ1n) is 11.9. The molecule has 0 aromatic heterocycles. The first kappa shape index (κ1) is 24.7. The van der Waals surface area contributed by atoms with E-state index in [0.29, 0.717) is 23.6 Å². The van der Waals surface area contributed by atoms with Crippen LogP contribution in [0, 0.1) is 17.7 Å². The molecule has 5 rings (SSSR count). The molecule has 2 fully saturated rings. The highest BCUT2D eigenvalue weighted by molar-refractivity contribution is 6.15. The lowest BCUT2D eigenvalue weighted by Gasteiger charge is -2.29. The van der Waals surface area contributed by atoms with Gasteiger partial charge in [0.15, 0.2) is 11.5 Å². The van der Waals surface area contributed by atoms with Crippen molar-refractivity contribution in [3.63, 3.8) is 0 Å². The first-order valence-corrected chi connectivity index (χ1v) is 11.9. The number of fused-ring (bicyclic) bond motifs is 4. The summed E-state index contributed by atoms with van der Waals surface area (Å²) in [6.07, 6.45) is 0.460. The summed E-state index contributed by atoms with van der Waals surface area (Å²) in [5.41, 5.74) is 5.18. The second-order valence-corrected chi connectivity index (χ2v) is 9.48. The fraction of sp³-hybridized carbons (Fsp3) is 0.385. The van der Waals surface area contributed by atoms with E-state index in [-0.39, 0.29) is 24.9 Å². The summed E-state index contributed by atoms with van der Waals surface area (Å²) < 4.78 is 24.9. The third-order valence-electron chi connectivity index (χ3n) is 7.54. The number of nitrogens with one attached hydrogen (secondary N) is 2. The number of rotatable bonds is 8. The second-order valence-electron chi connectivity index (χ2n) is 9.48. The number of methoxy groups -OCH3 is 2. The van der Waals surface area contributed by atoms with Gasteiger partial charge in [0.1, 0.15) is 11.4 Å². The first-order chi connectivity index (χ1) is 17.7. The summed E-state index contributed by atoms with van der Waals surface area (Å²) in [6.45, 7) is 0.0798. The smallest absolute Gasteiger partial charge is 0.250 e. The van der Waals surface area contributed by atoms with E-state index in [4.69, 9.17) is 15.2 Å². The number of nitrogens with zero attached hydrogens (tertiary/aromatic N) is 1. The highest BCUT2D eigenvalue weighted by atomic mass is 19.1. The Morgan fingerprint density at radius 2 is 1.84 bits per heavy atom. The molecular weight excluding hydrogens is 483 g/mol. The Hall–Kier alpha value is -3.99. The minimum absolute atomic E-state index is 0.0400. The highest BCUT2D eigenvalue weighted by Gasteiger charge is 2.70. The van der Waals surface area contributed by atoms with Gasteiger partial charge in [-0.3, -0.25) is 29.4 Å². The van der Waals surface area contributed by atoms with E-state index in [1.165, 1.54) is 32.4 Å². The molecule has 3 aliphatic rings. The molecule has 2 aromatic carbocycles. The average Bonchev–Trinajstić information content (AvgIpc) is 3.45. The lowest BCUT2D eigenvalue weighted by Crippen LogP contribution is -2.53. The molecule has 194 valence electrons. The number of benzene rings is 2. The second kappa shape index (κ2) is 9.15. The van der Waals surface area contributed by atoms with Gasteiger partial charge in [0.2, 0.25) is 23.6 Å². The fourth-order valence-corrected chi connectivity index (χ4v) is 5.88. The Labute approximate surface area is 212 Å². The molecule has 0 bridgehead atoms. The highest BCUT2D eigenvalue weighted by Crippen LogP contribution is 2.53. The van der Waals surface area contributed by atoms with E-state index in [1.807, 2.05) is 6.07 Å². The molecule has 0 unspecified atom stereocenters. The summed E-state index contributed by atoms with van der Waals surface area (Å²) in [5.74, 6) is -3.55. The van der Waals surface area contributed by atoms with Crippen LogP contribution in [0.4, 0.5) is 10.1 Å². The third kappa shape index (κ3) is 3.81. The average molecular weight is 511 g/mol. The van der Waals surface area contributed by atoms with Gasteiger partial charge in [-0.25, -0.2) is 4.39 Å². The van der Waals surface area contributed by atoms with Crippen LogP contribution in [-0.2, 0) is 31.1 Å². The number of primary amides is 1. The van der Waals surface area contributed by atoms with Crippen molar-refractivity contribution in [1.82, 2.24) is 10.2 Å². The van der Waals surface area contributed by atoms with Crippen LogP contribution in [0.2, 0.25) is 0 Å². The monoisotopic (exact) mass is 510 g/mol. The predicted molar refractivity (Wildman–Crippen MR) is 129 cm³/mol. The summed E-state index contributed by atoms with van der Waals surface area (Å²) >= 11 is 0. The van der Waals surface area contributed by atoms with Crippen LogP contribution in [0.3, 0.4) is 0 Å². The minimum Gasteiger partial charge on any atom is -0.493 e. The van der Waals surface area contributed by atoms with Crippen molar-refractivity contribution in [2.24, 2.45) is 17.6 Å². The van der Waals surface area contributed by atoms with Crippen LogP contribution in [0.5, 0.6) is 11.5 Å². The number of hydrogen-bond donors (Lipinski definition) is 3. The molecule has 3 heterocycles. The molecule has 0 radical (unpaired) electrons. The van der Waals surface area contributed by atoms with Crippen molar-refractivity contribution in [2.75, 3.05) is 26.1 Å². The normalized spacial score (nSPS) is 25.9. The van der Waals surface area contributed by atoms with E-state index in [0.717, 1.165) is 10.5 Å². The van der Waals surface area contributed by atoms with Gasteiger partial charge in [-0.15, -0.1) is 0 Å². The van der Waals surface area contributed by atoms with Gasteiger partial charge in [0.05, 0.1) is 26.1 Å². The van der Waals surface area contributed by atoms with E-state index < -0.39 is 52.9 Å². The zero-order chi connectivity index (χ0) is 26.5. The lowest BCUT2D eigenvalue weighted by atomic mass is 9.76. The number of anilines is 1. The molecule has 1 spiro atoms. The van der Waals surface area contributed by atoms with E-state index in [2.05, 4.69) is 10.6 Å². The molecule has 4 N–H and O–H groups in total. The van der Waals surface area contributed by atoms with Crippen molar-refractivity contribution in [2.45, 2.75) is 30.8 Å². The molecule has 0 saturated carbocycles. The lowest BCUT2D eigenvalue weighted by molar-refractivity contribution is -0.142. The van der Waals surface area contributed by atoms with Crippen molar-refractivity contribution in [3.05, 3.63) is 53.3 Å². The number of ether oxygens (including phenoxy) is 2. The Morgan fingerprint density at radius 3 is 2.54 bits per heavy atom. The van der Waals surface area contributed by atoms with Gasteiger partial charge in [0.25, 0.3) is 0 Å². The minimum atomic E-state index is -1.63. The van der Waals surface area contributed by atoms with Crippen LogP contribution < -0.4 is 25.8 Å². The van der Waals surface area contributed by atoms with Gasteiger partial charge >= 0.3 is 0 Å². The molecule has 2 saturated heterocycles. The largest absolute Gasteiger partial charge is 0.493 e. The van der Waals surface area contributed by atoms with Crippen LogP contribution >= 0.6 is 0 Å². The number of nitrogens with two attached hydrogens (primary N) is 1. The van der Waals surface area contributed by atoms with Crippen LogP contribution in [0.1, 0.15) is 24.0 Å². The molecular formula is C26H27FN4O6. The van der Waals surface area contributed by atoms with E-state index in [1.54, 1.807) is 12.1 Å². The van der Waals surface area contributed by atoms with Gasteiger partial charge < -0.3 is 20.5 Å². The van der Waals surface area contributed by atoms with Crippen LogP contribution in [0.15, 0.2) is 36.4 Å². The molecule has 0 aliphatic carbocycles. The van der Waals surface area contributed by atoms with Gasteiger partial charge in [-0.1, -0.05) is 6.07 Å².